The van der Waals surface area contributed by atoms with E-state index in [-0.39, 0.29) is 22.1 Å². The Morgan fingerprint density at radius 3 is 1.94 bits per heavy atom. The maximum atomic E-state index is 13.1. The number of benzene rings is 2. The third-order valence-electron chi connectivity index (χ3n) is 4.83. The topological polar surface area (TPSA) is 111 Å². The van der Waals surface area contributed by atoms with E-state index in [1.165, 1.54) is 38.4 Å². The van der Waals surface area contributed by atoms with E-state index >= 15 is 0 Å². The van der Waals surface area contributed by atoms with Gasteiger partial charge < -0.3 is 5.73 Å². The number of nitrogens with zero attached hydrogens (tertiary/aromatic N) is 4. The van der Waals surface area contributed by atoms with Crippen molar-refractivity contribution in [3.63, 3.8) is 0 Å². The highest BCUT2D eigenvalue weighted by molar-refractivity contribution is 7.89. The summed E-state index contributed by atoms with van der Waals surface area (Å²) in [6.07, 6.45) is -8.10. The molecule has 0 spiro atoms. The van der Waals surface area contributed by atoms with E-state index in [0.717, 1.165) is 21.5 Å². The predicted octanol–water partition coefficient (Wildman–Crippen LogP) is 3.72. The van der Waals surface area contributed by atoms with Gasteiger partial charge in [0, 0.05) is 25.9 Å². The van der Waals surface area contributed by atoms with Gasteiger partial charge in [0.25, 0.3) is 5.91 Å². The third kappa shape index (κ3) is 5.73. The average Bonchev–Trinajstić information content (AvgIpc) is 3.24. The van der Waals surface area contributed by atoms with E-state index in [0.29, 0.717) is 12.1 Å². The SMILES string of the molecule is CN(C)S(=O)(=O)c1ccc(/C(=C\n2cnc(-c3cc(C(F)(F)F)cc(C(F)(F)F)c3)n2)C(N)=O)cc1. The maximum Gasteiger partial charge on any atom is 0.416 e. The number of halogens is 6. The van der Waals surface area contributed by atoms with Crippen LogP contribution >= 0.6 is 0 Å². The lowest BCUT2D eigenvalue weighted by atomic mass is 10.0. The number of carbonyl (C=O) groups is 1. The summed E-state index contributed by atoms with van der Waals surface area (Å²) in [7, 11) is -1.07. The number of carbonyl (C=O) groups excluding carboxylic acids is 1. The summed E-state index contributed by atoms with van der Waals surface area (Å²) >= 11 is 0. The highest BCUT2D eigenvalue weighted by Crippen LogP contribution is 2.38. The van der Waals surface area contributed by atoms with Crippen LogP contribution in [-0.2, 0) is 27.2 Å². The Bertz CT molecular complexity index is 1390. The van der Waals surface area contributed by atoms with Gasteiger partial charge in [-0.2, -0.15) is 26.3 Å². The third-order valence-corrected chi connectivity index (χ3v) is 6.65. The molecule has 1 aromatic heterocycles. The first-order valence-corrected chi connectivity index (χ1v) is 11.2. The first-order valence-electron chi connectivity index (χ1n) is 9.76. The minimum atomic E-state index is -5.05. The van der Waals surface area contributed by atoms with Gasteiger partial charge in [0.1, 0.15) is 6.33 Å². The van der Waals surface area contributed by atoms with E-state index in [1.54, 1.807) is 0 Å². The van der Waals surface area contributed by atoms with Crippen LogP contribution in [0.25, 0.3) is 23.2 Å². The number of primary amides is 1. The zero-order valence-electron chi connectivity index (χ0n) is 18.5. The molecule has 2 aromatic carbocycles. The Kier molecular flexibility index (Phi) is 7.01. The molecule has 0 saturated carbocycles. The Labute approximate surface area is 200 Å². The van der Waals surface area contributed by atoms with Gasteiger partial charge in [-0.05, 0) is 35.9 Å². The Morgan fingerprint density at radius 1 is 0.972 bits per heavy atom. The molecular weight excluding hydrogens is 516 g/mol. The standard InChI is InChI=1S/C21H17F6N5O3S/c1-31(2)36(34,35)16-5-3-12(4-6-16)17(18(28)33)10-32-11-29-19(30-32)13-7-14(20(22,23)24)9-15(8-13)21(25,26)27/h3-11H,1-2H3,(H2,28,33)/b17-10+. The Balaban J connectivity index is 2.03. The normalized spacial score (nSPS) is 13.3. The largest absolute Gasteiger partial charge is 0.416 e. The highest BCUT2D eigenvalue weighted by Gasteiger charge is 2.37. The Hall–Kier alpha value is -3.72. The van der Waals surface area contributed by atoms with Gasteiger partial charge in [0.15, 0.2) is 5.82 Å². The molecule has 0 saturated heterocycles. The van der Waals surface area contributed by atoms with Gasteiger partial charge in [-0.1, -0.05) is 12.1 Å². The van der Waals surface area contributed by atoms with Crippen LogP contribution in [0.4, 0.5) is 26.3 Å². The fourth-order valence-corrected chi connectivity index (χ4v) is 3.88. The molecule has 0 atom stereocenters. The molecule has 3 aromatic rings. The number of nitrogens with two attached hydrogens (primary N) is 1. The van der Waals surface area contributed by atoms with Gasteiger partial charge in [-0.15, -0.1) is 5.10 Å². The maximum absolute atomic E-state index is 13.1. The van der Waals surface area contributed by atoms with E-state index in [4.69, 9.17) is 5.73 Å². The van der Waals surface area contributed by atoms with Crippen LogP contribution in [0.1, 0.15) is 16.7 Å². The number of aromatic nitrogens is 3. The van der Waals surface area contributed by atoms with Crippen molar-refractivity contribution in [2.45, 2.75) is 17.2 Å². The number of alkyl halides is 6. The van der Waals surface area contributed by atoms with Crippen LogP contribution < -0.4 is 5.73 Å². The van der Waals surface area contributed by atoms with Gasteiger partial charge >= 0.3 is 12.4 Å². The van der Waals surface area contributed by atoms with Crippen molar-refractivity contribution in [2.24, 2.45) is 5.73 Å². The molecule has 0 aliphatic heterocycles. The zero-order valence-corrected chi connectivity index (χ0v) is 19.3. The van der Waals surface area contributed by atoms with Crippen molar-refractivity contribution in [1.29, 1.82) is 0 Å². The molecule has 0 bridgehead atoms. The lowest BCUT2D eigenvalue weighted by Gasteiger charge is -2.13. The second-order valence-electron chi connectivity index (χ2n) is 7.56. The number of hydrogen-bond donors (Lipinski definition) is 1. The summed E-state index contributed by atoms with van der Waals surface area (Å²) in [5.74, 6) is -1.44. The first-order chi connectivity index (χ1) is 16.5. The lowest BCUT2D eigenvalue weighted by Crippen LogP contribution is -2.22. The molecule has 0 unspecified atom stereocenters. The van der Waals surface area contributed by atoms with Crippen molar-refractivity contribution in [3.05, 3.63) is 65.5 Å². The summed E-state index contributed by atoms with van der Waals surface area (Å²) < 4.78 is 105. The van der Waals surface area contributed by atoms with Crippen molar-refractivity contribution < 1.29 is 39.6 Å². The van der Waals surface area contributed by atoms with Crippen LogP contribution in [0.5, 0.6) is 0 Å². The predicted molar refractivity (Wildman–Crippen MR) is 116 cm³/mol. The monoisotopic (exact) mass is 533 g/mol. The number of hydrogen-bond acceptors (Lipinski definition) is 5. The van der Waals surface area contributed by atoms with Gasteiger partial charge in [-0.25, -0.2) is 22.4 Å². The van der Waals surface area contributed by atoms with E-state index in [2.05, 4.69) is 10.1 Å². The summed E-state index contributed by atoms with van der Waals surface area (Å²) in [6.45, 7) is 0. The van der Waals surface area contributed by atoms with Crippen LogP contribution in [-0.4, -0.2) is 47.5 Å². The van der Waals surface area contributed by atoms with Gasteiger partial charge in [0.05, 0.1) is 21.6 Å². The van der Waals surface area contributed by atoms with Crippen molar-refractivity contribution >= 4 is 27.7 Å². The van der Waals surface area contributed by atoms with Gasteiger partial charge in [0.2, 0.25) is 10.0 Å². The lowest BCUT2D eigenvalue weighted by molar-refractivity contribution is -0.143. The van der Waals surface area contributed by atoms with Gasteiger partial charge in [-0.3, -0.25) is 4.79 Å². The summed E-state index contributed by atoms with van der Waals surface area (Å²) in [5, 5.41) is 3.84. The van der Waals surface area contributed by atoms with Crippen molar-refractivity contribution in [2.75, 3.05) is 14.1 Å². The second-order valence-corrected chi connectivity index (χ2v) is 9.71. The minimum Gasteiger partial charge on any atom is -0.366 e. The number of sulfonamides is 1. The molecular formula is C21H17F6N5O3S. The van der Waals surface area contributed by atoms with Crippen LogP contribution in [0.2, 0.25) is 0 Å². The van der Waals surface area contributed by atoms with Crippen molar-refractivity contribution in [1.82, 2.24) is 19.1 Å². The molecule has 0 aliphatic rings. The van der Waals surface area contributed by atoms with Crippen LogP contribution in [0, 0.1) is 0 Å². The fourth-order valence-electron chi connectivity index (χ4n) is 2.98. The van der Waals surface area contributed by atoms with E-state index in [1.807, 2.05) is 0 Å². The smallest absolute Gasteiger partial charge is 0.366 e. The molecule has 1 heterocycles. The molecule has 36 heavy (non-hydrogen) atoms. The van der Waals surface area contributed by atoms with E-state index < -0.39 is 50.8 Å². The summed E-state index contributed by atoms with van der Waals surface area (Å²) in [4.78, 5) is 15.7. The minimum absolute atomic E-state index is 0.0221. The average molecular weight is 533 g/mol. The number of amides is 1. The molecule has 192 valence electrons. The molecule has 1 amide bonds. The molecule has 3 rings (SSSR count). The van der Waals surface area contributed by atoms with E-state index in [9.17, 15) is 39.6 Å². The molecule has 0 radical (unpaired) electrons. The quantitative estimate of drug-likeness (QED) is 0.384. The highest BCUT2D eigenvalue weighted by atomic mass is 32.2. The zero-order chi connectivity index (χ0) is 27.1. The molecule has 0 aliphatic carbocycles. The number of rotatable bonds is 6. The van der Waals surface area contributed by atoms with Crippen LogP contribution in [0.15, 0.2) is 53.7 Å². The van der Waals surface area contributed by atoms with Crippen LogP contribution in [0.3, 0.4) is 0 Å². The fraction of sp³-hybridized carbons (Fsp3) is 0.190. The summed E-state index contributed by atoms with van der Waals surface area (Å²) in [6, 6.07) is 5.98. The summed E-state index contributed by atoms with van der Waals surface area (Å²) in [5.41, 5.74) is 1.77. The molecule has 0 fully saturated rings. The first kappa shape index (κ1) is 26.9. The molecule has 8 nitrogen and oxygen atoms in total. The Morgan fingerprint density at radius 2 is 1.50 bits per heavy atom. The van der Waals surface area contributed by atoms with Crippen molar-refractivity contribution in [3.8, 4) is 11.4 Å². The second kappa shape index (κ2) is 9.39. The molecule has 2 N–H and O–H groups in total. The molecule has 15 heteroatoms.